The van der Waals surface area contributed by atoms with Crippen molar-refractivity contribution >= 4 is 27.1 Å². The lowest BCUT2D eigenvalue weighted by Crippen LogP contribution is -2.15. The molecule has 1 aromatic heterocycles. The Hall–Kier alpha value is -0.950. The summed E-state index contributed by atoms with van der Waals surface area (Å²) in [5, 5.41) is 10.1. The van der Waals surface area contributed by atoms with Crippen molar-refractivity contribution < 1.29 is 18.3 Å². The minimum absolute atomic E-state index is 0.0706. The lowest BCUT2D eigenvalue weighted by Gasteiger charge is -2.07. The topological polar surface area (TPSA) is 84.3 Å². The molecule has 0 fully saturated rings. The van der Waals surface area contributed by atoms with Crippen molar-refractivity contribution in [2.75, 3.05) is 5.75 Å². The van der Waals surface area contributed by atoms with Crippen LogP contribution in [0, 0.1) is 5.92 Å². The smallest absolute Gasteiger partial charge is 0.365 e. The summed E-state index contributed by atoms with van der Waals surface area (Å²) >= 11 is 0.948. The molecule has 1 N–H and O–H groups in total. The highest BCUT2D eigenvalue weighted by Gasteiger charge is 2.18. The Kier molecular flexibility index (Phi) is 4.64. The summed E-state index contributed by atoms with van der Waals surface area (Å²) in [7, 11) is -3.21. The summed E-state index contributed by atoms with van der Waals surface area (Å²) in [5.74, 6) is -1.08. The van der Waals surface area contributed by atoms with Gasteiger partial charge in [0.25, 0.3) is 0 Å². The van der Waals surface area contributed by atoms with Gasteiger partial charge in [-0.2, -0.15) is 0 Å². The number of nitrogens with zero attached hydrogens (tertiary/aromatic N) is 1. The molecule has 1 aromatic rings. The number of hydrogen-bond donors (Lipinski definition) is 1. The number of carboxylic acids is 1. The fraction of sp³-hybridized carbons (Fsp3) is 0.600. The van der Waals surface area contributed by atoms with Gasteiger partial charge in [-0.25, -0.2) is 18.2 Å². The second-order valence-corrected chi connectivity index (χ2v) is 6.98. The number of sulfone groups is 1. The van der Waals surface area contributed by atoms with E-state index < -0.39 is 15.8 Å². The van der Waals surface area contributed by atoms with Gasteiger partial charge in [-0.1, -0.05) is 20.3 Å². The highest BCUT2D eigenvalue weighted by atomic mass is 32.2. The second kappa shape index (κ2) is 5.59. The summed E-state index contributed by atoms with van der Waals surface area (Å²) in [6.45, 7) is 3.81. The average Bonchev–Trinajstić information content (AvgIpc) is 2.64. The SMILES string of the molecule is CCC(C)CS(=O)(=O)Cc1csc(C(=O)O)n1. The van der Waals surface area contributed by atoms with E-state index in [1.54, 1.807) is 0 Å². The van der Waals surface area contributed by atoms with Gasteiger partial charge in [-0.05, 0) is 5.92 Å². The van der Waals surface area contributed by atoms with Crippen molar-refractivity contribution in [1.29, 1.82) is 0 Å². The van der Waals surface area contributed by atoms with Gasteiger partial charge in [0.2, 0.25) is 5.01 Å². The molecular weight excluding hydrogens is 262 g/mol. The lowest BCUT2D eigenvalue weighted by molar-refractivity contribution is 0.0696. The van der Waals surface area contributed by atoms with Crippen molar-refractivity contribution in [2.45, 2.75) is 26.0 Å². The molecule has 0 aliphatic rings. The number of aromatic carboxylic acids is 1. The van der Waals surface area contributed by atoms with Crippen LogP contribution in [0.5, 0.6) is 0 Å². The highest BCUT2D eigenvalue weighted by Crippen LogP contribution is 2.15. The zero-order chi connectivity index (χ0) is 13.1. The number of rotatable bonds is 6. The average molecular weight is 277 g/mol. The van der Waals surface area contributed by atoms with E-state index in [0.29, 0.717) is 5.69 Å². The van der Waals surface area contributed by atoms with Crippen LogP contribution < -0.4 is 0 Å². The summed E-state index contributed by atoms with van der Waals surface area (Å²) in [6, 6.07) is 0. The Morgan fingerprint density at radius 1 is 1.59 bits per heavy atom. The van der Waals surface area contributed by atoms with Gasteiger partial charge in [-0.15, -0.1) is 11.3 Å². The Morgan fingerprint density at radius 2 is 2.24 bits per heavy atom. The summed E-state index contributed by atoms with van der Waals surface area (Å²) < 4.78 is 23.5. The third-order valence-electron chi connectivity index (χ3n) is 2.34. The quantitative estimate of drug-likeness (QED) is 0.857. The number of aromatic nitrogens is 1. The Balaban J connectivity index is 2.73. The van der Waals surface area contributed by atoms with Crippen LogP contribution in [0.4, 0.5) is 0 Å². The van der Waals surface area contributed by atoms with Crippen LogP contribution in [-0.4, -0.2) is 30.2 Å². The zero-order valence-electron chi connectivity index (χ0n) is 9.71. The van der Waals surface area contributed by atoms with Crippen molar-refractivity contribution in [2.24, 2.45) is 5.92 Å². The molecule has 0 aromatic carbocycles. The number of thiazole rings is 1. The van der Waals surface area contributed by atoms with E-state index in [-0.39, 0.29) is 22.4 Å². The van der Waals surface area contributed by atoms with E-state index in [9.17, 15) is 13.2 Å². The largest absolute Gasteiger partial charge is 0.476 e. The molecule has 5 nitrogen and oxygen atoms in total. The molecule has 0 aliphatic heterocycles. The van der Waals surface area contributed by atoms with E-state index in [1.807, 2.05) is 13.8 Å². The molecule has 0 spiro atoms. The molecule has 0 radical (unpaired) electrons. The van der Waals surface area contributed by atoms with Gasteiger partial charge in [0.15, 0.2) is 9.84 Å². The molecule has 0 aliphatic carbocycles. The van der Waals surface area contributed by atoms with Crippen molar-refractivity contribution in [3.8, 4) is 0 Å². The van der Waals surface area contributed by atoms with Crippen LogP contribution in [0.2, 0.25) is 0 Å². The van der Waals surface area contributed by atoms with Gasteiger partial charge < -0.3 is 5.11 Å². The first-order chi connectivity index (χ1) is 7.84. The van der Waals surface area contributed by atoms with E-state index in [0.717, 1.165) is 17.8 Å². The number of carboxylic acid groups (broad SMARTS) is 1. The number of carbonyl (C=O) groups is 1. The van der Waals surface area contributed by atoms with Crippen molar-refractivity contribution in [3.63, 3.8) is 0 Å². The molecular formula is C10H15NO4S2. The molecule has 1 rings (SSSR count). The molecule has 96 valence electrons. The summed E-state index contributed by atoms with van der Waals surface area (Å²) in [4.78, 5) is 14.4. The Bertz CT molecular complexity index is 492. The maximum Gasteiger partial charge on any atom is 0.365 e. The molecule has 7 heteroatoms. The molecule has 0 saturated carbocycles. The molecule has 1 atom stereocenters. The molecule has 17 heavy (non-hydrogen) atoms. The maximum absolute atomic E-state index is 11.8. The minimum atomic E-state index is -3.21. The first-order valence-electron chi connectivity index (χ1n) is 5.22. The Labute approximate surface area is 104 Å². The lowest BCUT2D eigenvalue weighted by atomic mass is 10.2. The number of hydrogen-bond acceptors (Lipinski definition) is 5. The van der Waals surface area contributed by atoms with Crippen molar-refractivity contribution in [1.82, 2.24) is 4.98 Å². The predicted molar refractivity (Wildman–Crippen MR) is 66.0 cm³/mol. The van der Waals surface area contributed by atoms with E-state index in [2.05, 4.69) is 4.98 Å². The monoisotopic (exact) mass is 277 g/mol. The molecule has 1 heterocycles. The van der Waals surface area contributed by atoms with Gasteiger partial charge in [-0.3, -0.25) is 0 Å². The van der Waals surface area contributed by atoms with Crippen LogP contribution >= 0.6 is 11.3 Å². The first kappa shape index (κ1) is 14.1. The van der Waals surface area contributed by atoms with Crippen LogP contribution in [0.3, 0.4) is 0 Å². The fourth-order valence-corrected chi connectivity index (χ4v) is 3.89. The third kappa shape index (κ3) is 4.43. The normalized spacial score (nSPS) is 13.5. The Morgan fingerprint density at radius 3 is 2.71 bits per heavy atom. The van der Waals surface area contributed by atoms with E-state index in [4.69, 9.17) is 5.11 Å². The van der Waals surface area contributed by atoms with Gasteiger partial charge in [0.1, 0.15) is 0 Å². The van der Waals surface area contributed by atoms with Crippen molar-refractivity contribution in [3.05, 3.63) is 16.1 Å². The van der Waals surface area contributed by atoms with Crippen LogP contribution in [0.15, 0.2) is 5.38 Å². The van der Waals surface area contributed by atoms with E-state index in [1.165, 1.54) is 5.38 Å². The third-order valence-corrected chi connectivity index (χ3v) is 5.03. The minimum Gasteiger partial charge on any atom is -0.476 e. The van der Waals surface area contributed by atoms with Gasteiger partial charge in [0.05, 0.1) is 17.2 Å². The summed E-state index contributed by atoms with van der Waals surface area (Å²) in [6.07, 6.45) is 0.802. The van der Waals surface area contributed by atoms with Crippen LogP contribution in [-0.2, 0) is 15.6 Å². The molecule has 1 unspecified atom stereocenters. The predicted octanol–water partition coefficient (Wildman–Crippen LogP) is 1.80. The molecule has 0 bridgehead atoms. The van der Waals surface area contributed by atoms with Crippen LogP contribution in [0.1, 0.15) is 35.8 Å². The fourth-order valence-electron chi connectivity index (χ4n) is 1.31. The maximum atomic E-state index is 11.8. The standard InChI is InChI=1S/C10H15NO4S2/c1-3-7(2)5-17(14,15)6-8-4-16-9(11-8)10(12)13/h4,7H,3,5-6H2,1-2H3,(H,12,13). The van der Waals surface area contributed by atoms with Gasteiger partial charge >= 0.3 is 5.97 Å². The second-order valence-electron chi connectivity index (χ2n) is 4.02. The van der Waals surface area contributed by atoms with Gasteiger partial charge in [0, 0.05) is 5.38 Å². The van der Waals surface area contributed by atoms with Crippen LogP contribution in [0.25, 0.3) is 0 Å². The highest BCUT2D eigenvalue weighted by molar-refractivity contribution is 7.90. The molecule has 0 saturated heterocycles. The molecule has 0 amide bonds. The first-order valence-corrected chi connectivity index (χ1v) is 7.92. The van der Waals surface area contributed by atoms with E-state index >= 15 is 0 Å². The summed E-state index contributed by atoms with van der Waals surface area (Å²) in [5.41, 5.74) is 0.315. The zero-order valence-corrected chi connectivity index (χ0v) is 11.3.